The van der Waals surface area contributed by atoms with Crippen molar-refractivity contribution >= 4 is 5.78 Å². The highest BCUT2D eigenvalue weighted by Gasteiger charge is 2.49. The third-order valence-corrected chi connectivity index (χ3v) is 2.87. The molecule has 0 atom stereocenters. The molecule has 0 radical (unpaired) electrons. The molecular formula is C10H8F3N3O. The number of aromatic nitrogens is 2. The molecular weight excluding hydrogens is 235 g/mol. The van der Waals surface area contributed by atoms with Gasteiger partial charge < -0.3 is 0 Å². The second-order valence-corrected chi connectivity index (χ2v) is 4.12. The van der Waals surface area contributed by atoms with E-state index in [0.717, 1.165) is 10.7 Å². The summed E-state index contributed by atoms with van der Waals surface area (Å²) in [4.78, 5) is 11.0. The Balaban J connectivity index is 2.44. The third kappa shape index (κ3) is 1.69. The summed E-state index contributed by atoms with van der Waals surface area (Å²) in [5, 5.41) is 12.4. The monoisotopic (exact) mass is 243 g/mol. The predicted octanol–water partition coefficient (Wildman–Crippen LogP) is 1.56. The average molecular weight is 243 g/mol. The van der Waals surface area contributed by atoms with Crippen LogP contribution in [0, 0.1) is 11.3 Å². The third-order valence-electron chi connectivity index (χ3n) is 2.87. The molecule has 0 spiro atoms. The minimum absolute atomic E-state index is 0.0413. The van der Waals surface area contributed by atoms with Gasteiger partial charge in [-0.1, -0.05) is 0 Å². The van der Waals surface area contributed by atoms with Gasteiger partial charge in [0.15, 0.2) is 5.69 Å². The number of ketones is 1. The van der Waals surface area contributed by atoms with Crippen LogP contribution in [0.5, 0.6) is 0 Å². The number of hydrogen-bond donors (Lipinski definition) is 0. The predicted molar refractivity (Wildman–Crippen MR) is 49.7 cm³/mol. The number of carbonyl (C=O) groups excluding carboxylic acids is 1. The lowest BCUT2D eigenvalue weighted by Crippen LogP contribution is -2.41. The van der Waals surface area contributed by atoms with Crippen molar-refractivity contribution in [3.8, 4) is 6.07 Å². The molecule has 0 bridgehead atoms. The maximum atomic E-state index is 12.4. The number of halogens is 3. The van der Waals surface area contributed by atoms with E-state index in [9.17, 15) is 18.0 Å². The number of carbonyl (C=O) groups is 1. The van der Waals surface area contributed by atoms with E-state index in [-0.39, 0.29) is 24.3 Å². The summed E-state index contributed by atoms with van der Waals surface area (Å²) < 4.78 is 38.4. The minimum Gasteiger partial charge on any atom is -0.300 e. The Hall–Kier alpha value is -1.84. The maximum Gasteiger partial charge on any atom is 0.435 e. The normalized spacial score (nSPS) is 18.6. The maximum absolute atomic E-state index is 12.4. The summed E-state index contributed by atoms with van der Waals surface area (Å²) in [6.07, 6.45) is -4.62. The minimum atomic E-state index is -4.54. The topological polar surface area (TPSA) is 58.7 Å². The van der Waals surface area contributed by atoms with Crippen molar-refractivity contribution in [1.29, 1.82) is 5.26 Å². The Morgan fingerprint density at radius 2 is 2.12 bits per heavy atom. The zero-order valence-corrected chi connectivity index (χ0v) is 8.88. The van der Waals surface area contributed by atoms with Gasteiger partial charge in [0.1, 0.15) is 11.2 Å². The highest BCUT2D eigenvalue weighted by molar-refractivity contribution is 5.89. The molecule has 0 aliphatic heterocycles. The Kier molecular flexibility index (Phi) is 2.28. The Morgan fingerprint density at radius 1 is 1.53 bits per heavy atom. The number of hydrogen-bond acceptors (Lipinski definition) is 3. The molecule has 1 saturated carbocycles. The van der Waals surface area contributed by atoms with Gasteiger partial charge in [-0.05, 0) is 6.07 Å². The fourth-order valence-corrected chi connectivity index (χ4v) is 1.99. The van der Waals surface area contributed by atoms with E-state index >= 15 is 0 Å². The first-order valence-corrected chi connectivity index (χ1v) is 4.83. The van der Waals surface area contributed by atoms with Gasteiger partial charge >= 0.3 is 6.18 Å². The summed E-state index contributed by atoms with van der Waals surface area (Å²) in [6, 6.07) is 2.76. The lowest BCUT2D eigenvalue weighted by molar-refractivity contribution is -0.141. The van der Waals surface area contributed by atoms with Crippen LogP contribution in [0.1, 0.15) is 24.2 Å². The first-order valence-electron chi connectivity index (χ1n) is 4.83. The first kappa shape index (κ1) is 11.6. The van der Waals surface area contributed by atoms with Gasteiger partial charge in [-0.15, -0.1) is 0 Å². The summed E-state index contributed by atoms with van der Waals surface area (Å²) >= 11 is 0. The standard InChI is InChI=1S/C10H8F3N3O/c1-16-8(2-7(15-16)10(11,12)13)9(5-14)3-6(17)4-9/h2H,3-4H2,1H3. The van der Waals surface area contributed by atoms with Crippen LogP contribution < -0.4 is 0 Å². The molecule has 0 aromatic carbocycles. The Bertz CT molecular complexity index is 516. The molecule has 4 nitrogen and oxygen atoms in total. The molecule has 0 saturated heterocycles. The van der Waals surface area contributed by atoms with Crippen LogP contribution in [-0.2, 0) is 23.4 Å². The smallest absolute Gasteiger partial charge is 0.300 e. The number of rotatable bonds is 1. The van der Waals surface area contributed by atoms with Crippen LogP contribution in [0.2, 0.25) is 0 Å². The number of nitrogens with zero attached hydrogens (tertiary/aromatic N) is 3. The van der Waals surface area contributed by atoms with Crippen molar-refractivity contribution in [2.24, 2.45) is 7.05 Å². The molecule has 2 rings (SSSR count). The van der Waals surface area contributed by atoms with Gasteiger partial charge in [-0.25, -0.2) is 0 Å². The van der Waals surface area contributed by atoms with Crippen LogP contribution >= 0.6 is 0 Å². The van der Waals surface area contributed by atoms with E-state index in [4.69, 9.17) is 5.26 Å². The second kappa shape index (κ2) is 3.32. The number of alkyl halides is 3. The first-order chi connectivity index (χ1) is 7.78. The van der Waals surface area contributed by atoms with Gasteiger partial charge in [0.05, 0.1) is 11.8 Å². The molecule has 7 heteroatoms. The fraction of sp³-hybridized carbons (Fsp3) is 0.500. The van der Waals surface area contributed by atoms with Crippen LogP contribution in [0.3, 0.4) is 0 Å². The molecule has 1 heterocycles. The lowest BCUT2D eigenvalue weighted by atomic mass is 9.66. The Labute approximate surface area is 94.6 Å². The van der Waals surface area contributed by atoms with Crippen molar-refractivity contribution in [1.82, 2.24) is 9.78 Å². The molecule has 1 fully saturated rings. The zero-order valence-electron chi connectivity index (χ0n) is 8.88. The van der Waals surface area contributed by atoms with Crippen molar-refractivity contribution < 1.29 is 18.0 Å². The highest BCUT2D eigenvalue weighted by Crippen LogP contribution is 2.42. The van der Waals surface area contributed by atoms with Gasteiger partial charge in [-0.3, -0.25) is 9.48 Å². The molecule has 0 amide bonds. The van der Waals surface area contributed by atoms with E-state index in [0.29, 0.717) is 0 Å². The van der Waals surface area contributed by atoms with E-state index in [2.05, 4.69) is 5.10 Å². The summed E-state index contributed by atoms with van der Waals surface area (Å²) in [5.74, 6) is -0.124. The fourth-order valence-electron chi connectivity index (χ4n) is 1.99. The molecule has 17 heavy (non-hydrogen) atoms. The van der Waals surface area contributed by atoms with Crippen LogP contribution in [-0.4, -0.2) is 15.6 Å². The molecule has 1 aromatic heterocycles. The molecule has 90 valence electrons. The van der Waals surface area contributed by atoms with Gasteiger partial charge in [-0.2, -0.15) is 23.5 Å². The van der Waals surface area contributed by atoms with Crippen LogP contribution in [0.15, 0.2) is 6.07 Å². The molecule has 0 N–H and O–H groups in total. The summed E-state index contributed by atoms with van der Waals surface area (Å²) in [5.41, 5.74) is -2.03. The van der Waals surface area contributed by atoms with E-state index in [1.807, 2.05) is 6.07 Å². The largest absolute Gasteiger partial charge is 0.435 e. The molecule has 1 aliphatic carbocycles. The number of aryl methyl sites for hydroxylation is 1. The molecule has 0 unspecified atom stereocenters. The quantitative estimate of drug-likeness (QED) is 0.752. The second-order valence-electron chi connectivity index (χ2n) is 4.12. The van der Waals surface area contributed by atoms with Crippen LogP contribution in [0.25, 0.3) is 0 Å². The van der Waals surface area contributed by atoms with E-state index < -0.39 is 17.3 Å². The molecule has 1 aromatic rings. The van der Waals surface area contributed by atoms with Crippen molar-refractivity contribution in [3.05, 3.63) is 17.5 Å². The highest BCUT2D eigenvalue weighted by atomic mass is 19.4. The average Bonchev–Trinajstić information content (AvgIpc) is 2.55. The van der Waals surface area contributed by atoms with Gasteiger partial charge in [0.25, 0.3) is 0 Å². The van der Waals surface area contributed by atoms with E-state index in [1.165, 1.54) is 7.05 Å². The lowest BCUT2D eigenvalue weighted by Gasteiger charge is -2.33. The number of Topliss-reactive ketones (excluding diaryl/α,β-unsaturated/α-hetero) is 1. The van der Waals surface area contributed by atoms with Gasteiger partial charge in [0, 0.05) is 19.9 Å². The number of nitriles is 1. The van der Waals surface area contributed by atoms with Crippen molar-refractivity contribution in [3.63, 3.8) is 0 Å². The molecule has 1 aliphatic rings. The SMILES string of the molecule is Cn1nc(C(F)(F)F)cc1C1(C#N)CC(=O)C1. The van der Waals surface area contributed by atoms with Gasteiger partial charge in [0.2, 0.25) is 0 Å². The van der Waals surface area contributed by atoms with Crippen molar-refractivity contribution in [2.45, 2.75) is 24.4 Å². The summed E-state index contributed by atoms with van der Waals surface area (Å²) in [6.45, 7) is 0. The summed E-state index contributed by atoms with van der Waals surface area (Å²) in [7, 11) is 1.34. The van der Waals surface area contributed by atoms with Crippen LogP contribution in [0.4, 0.5) is 13.2 Å². The Morgan fingerprint density at radius 3 is 2.47 bits per heavy atom. The van der Waals surface area contributed by atoms with Crippen molar-refractivity contribution in [2.75, 3.05) is 0 Å². The van der Waals surface area contributed by atoms with E-state index in [1.54, 1.807) is 0 Å². The zero-order chi connectivity index (χ0) is 12.8.